The van der Waals surface area contributed by atoms with Gasteiger partial charge in [-0.2, -0.15) is 4.37 Å². The van der Waals surface area contributed by atoms with Crippen LogP contribution in [0.15, 0.2) is 34.4 Å². The van der Waals surface area contributed by atoms with E-state index in [-0.39, 0.29) is 11.4 Å². The van der Waals surface area contributed by atoms with Crippen molar-refractivity contribution in [3.05, 3.63) is 62.9 Å². The van der Waals surface area contributed by atoms with E-state index in [0.29, 0.717) is 5.92 Å². The van der Waals surface area contributed by atoms with Crippen LogP contribution >= 0.6 is 22.9 Å². The van der Waals surface area contributed by atoms with Crippen LogP contribution in [0.25, 0.3) is 15.0 Å². The van der Waals surface area contributed by atoms with Crippen LogP contribution < -0.4 is 5.56 Å². The quantitative estimate of drug-likeness (QED) is 0.488. The zero-order chi connectivity index (χ0) is 20.0. The van der Waals surface area contributed by atoms with Gasteiger partial charge in [-0.15, -0.1) is 11.3 Å². The third kappa shape index (κ3) is 3.60. The van der Waals surface area contributed by atoms with Gasteiger partial charge >= 0.3 is 0 Å². The van der Waals surface area contributed by atoms with Gasteiger partial charge in [0.1, 0.15) is 5.82 Å². The van der Waals surface area contributed by atoms with Gasteiger partial charge < -0.3 is 4.90 Å². The van der Waals surface area contributed by atoms with Crippen LogP contribution in [0, 0.1) is 12.7 Å². The molecule has 0 aliphatic carbocycles. The second-order valence-corrected chi connectivity index (χ2v) is 9.30. The van der Waals surface area contributed by atoms with E-state index in [1.54, 1.807) is 16.5 Å². The summed E-state index contributed by atoms with van der Waals surface area (Å²) in [6.07, 6.45) is 2.96. The normalized spacial score (nSPS) is 16.2. The molecule has 1 saturated heterocycles. The third-order valence-electron chi connectivity index (χ3n) is 5.72. The summed E-state index contributed by atoms with van der Waals surface area (Å²) in [6, 6.07) is 6.57. The lowest BCUT2D eigenvalue weighted by Crippen LogP contribution is -2.35. The fraction of sp³-hybridized carbons (Fsp3) is 0.381. The minimum atomic E-state index is -0.201. The van der Waals surface area contributed by atoms with Crippen LogP contribution in [0.5, 0.6) is 0 Å². The maximum atomic E-state index is 13.4. The Bertz CT molecular complexity index is 1240. The largest absolute Gasteiger partial charge is 0.303 e. The monoisotopic (exact) mass is 428 g/mol. The molecule has 4 heterocycles. The van der Waals surface area contributed by atoms with E-state index in [1.165, 1.54) is 28.9 Å². The van der Waals surface area contributed by atoms with Gasteiger partial charge in [0.2, 0.25) is 0 Å². The first kappa shape index (κ1) is 18.8. The molecule has 1 aromatic carbocycles. The molecule has 0 amide bonds. The Morgan fingerprint density at radius 2 is 2.07 bits per heavy atom. The first-order chi connectivity index (χ1) is 14.1. The molecule has 8 heteroatoms. The number of piperidine rings is 1. The van der Waals surface area contributed by atoms with Crippen molar-refractivity contribution >= 4 is 37.9 Å². The highest BCUT2D eigenvalue weighted by molar-refractivity contribution is 7.15. The Hall–Kier alpha value is -2.16. The van der Waals surface area contributed by atoms with Gasteiger partial charge in [-0.25, -0.2) is 9.37 Å². The molecule has 0 atom stereocenters. The van der Waals surface area contributed by atoms with Crippen molar-refractivity contribution in [2.75, 3.05) is 19.6 Å². The van der Waals surface area contributed by atoms with Crippen molar-refractivity contribution in [3.63, 3.8) is 0 Å². The summed E-state index contributed by atoms with van der Waals surface area (Å²) in [7, 11) is 0. The highest BCUT2D eigenvalue weighted by Gasteiger charge is 2.24. The van der Waals surface area contributed by atoms with Crippen molar-refractivity contribution in [2.24, 2.45) is 0 Å². The fourth-order valence-corrected chi connectivity index (χ4v) is 6.04. The average molecular weight is 429 g/mol. The number of fused-ring (bicyclic) bond motifs is 2. The topological polar surface area (TPSA) is 50.5 Å². The molecule has 0 saturated carbocycles. The minimum Gasteiger partial charge on any atom is -0.303 e. The highest BCUT2D eigenvalue weighted by atomic mass is 32.1. The summed E-state index contributed by atoms with van der Waals surface area (Å²) in [5, 5.41) is 3.15. The summed E-state index contributed by atoms with van der Waals surface area (Å²) in [5.74, 6) is 0.232. The fourth-order valence-electron chi connectivity index (χ4n) is 4.19. The van der Waals surface area contributed by atoms with Crippen LogP contribution in [-0.2, 0) is 6.42 Å². The number of halogens is 1. The van der Waals surface area contributed by atoms with E-state index < -0.39 is 0 Å². The van der Waals surface area contributed by atoms with Crippen LogP contribution in [0.4, 0.5) is 4.39 Å². The van der Waals surface area contributed by atoms with Crippen LogP contribution in [0.3, 0.4) is 0 Å². The molecule has 0 N–H and O–H groups in total. The van der Waals surface area contributed by atoms with Gasteiger partial charge in [-0.05, 0) is 62.6 Å². The molecule has 5 rings (SSSR count). The number of nitrogens with zero attached hydrogens (tertiary/aromatic N) is 4. The van der Waals surface area contributed by atoms with Crippen LogP contribution in [0.2, 0.25) is 0 Å². The molecule has 5 nitrogen and oxygen atoms in total. The molecule has 0 bridgehead atoms. The number of hydrogen-bond acceptors (Lipinski definition) is 6. The summed E-state index contributed by atoms with van der Waals surface area (Å²) in [5.41, 5.74) is 2.94. The first-order valence-electron chi connectivity index (χ1n) is 9.82. The van der Waals surface area contributed by atoms with Crippen molar-refractivity contribution < 1.29 is 4.39 Å². The smallest absolute Gasteiger partial charge is 0.258 e. The van der Waals surface area contributed by atoms with E-state index in [0.717, 1.165) is 71.0 Å². The van der Waals surface area contributed by atoms with Gasteiger partial charge in [-0.3, -0.25) is 9.20 Å². The van der Waals surface area contributed by atoms with E-state index in [2.05, 4.69) is 19.6 Å². The number of rotatable bonds is 4. The van der Waals surface area contributed by atoms with E-state index in [1.807, 2.05) is 13.0 Å². The lowest BCUT2D eigenvalue weighted by molar-refractivity contribution is 0.213. The molecule has 1 fully saturated rings. The van der Waals surface area contributed by atoms with E-state index in [4.69, 9.17) is 0 Å². The van der Waals surface area contributed by atoms with E-state index >= 15 is 0 Å². The standard InChI is InChI=1S/C21H21FN4OS2/c1-13-10-19(27)26-16(12-28-21(26)23-13)6-9-25-7-4-14(5-8-25)20-17-3-2-15(22)11-18(17)29-24-20/h2-3,10-12,14H,4-9H2,1H3. The van der Waals surface area contributed by atoms with Gasteiger partial charge in [0, 0.05) is 47.1 Å². The number of aryl methyl sites for hydroxylation is 1. The average Bonchev–Trinajstić information content (AvgIpc) is 3.30. The predicted molar refractivity (Wildman–Crippen MR) is 116 cm³/mol. The van der Waals surface area contributed by atoms with Crippen LogP contribution in [0.1, 0.15) is 35.8 Å². The molecule has 1 aliphatic heterocycles. The third-order valence-corrected chi connectivity index (χ3v) is 7.42. The molecular weight excluding hydrogens is 407 g/mol. The van der Waals surface area contributed by atoms with Gasteiger partial charge in [0.25, 0.3) is 5.56 Å². The Morgan fingerprint density at radius 3 is 2.90 bits per heavy atom. The summed E-state index contributed by atoms with van der Waals surface area (Å²) in [6.45, 7) is 4.81. The maximum absolute atomic E-state index is 13.4. The Balaban J connectivity index is 1.24. The summed E-state index contributed by atoms with van der Waals surface area (Å²) < 4.78 is 20.7. The zero-order valence-electron chi connectivity index (χ0n) is 16.1. The molecule has 150 valence electrons. The lowest BCUT2D eigenvalue weighted by atomic mass is 9.91. The van der Waals surface area contributed by atoms with E-state index in [9.17, 15) is 9.18 Å². The molecule has 0 unspecified atom stereocenters. The Morgan fingerprint density at radius 1 is 1.24 bits per heavy atom. The van der Waals surface area contributed by atoms with Gasteiger partial charge in [-0.1, -0.05) is 0 Å². The summed E-state index contributed by atoms with van der Waals surface area (Å²) >= 11 is 2.92. The maximum Gasteiger partial charge on any atom is 0.258 e. The SMILES string of the molecule is Cc1cc(=O)n2c(CCN3CCC(c4nsc5cc(F)ccc45)CC3)csc2n1. The van der Waals surface area contributed by atoms with Gasteiger partial charge in [0.15, 0.2) is 4.96 Å². The molecule has 29 heavy (non-hydrogen) atoms. The molecule has 4 aromatic rings. The van der Waals surface area contributed by atoms with Crippen LogP contribution in [-0.4, -0.2) is 38.3 Å². The number of aromatic nitrogens is 3. The van der Waals surface area contributed by atoms with Crippen molar-refractivity contribution in [1.29, 1.82) is 0 Å². The second-order valence-electron chi connectivity index (χ2n) is 7.65. The first-order valence-corrected chi connectivity index (χ1v) is 11.5. The van der Waals surface area contributed by atoms with Crippen molar-refractivity contribution in [2.45, 2.75) is 32.1 Å². The number of hydrogen-bond donors (Lipinski definition) is 0. The second kappa shape index (κ2) is 7.59. The summed E-state index contributed by atoms with van der Waals surface area (Å²) in [4.78, 5) is 20.0. The highest BCUT2D eigenvalue weighted by Crippen LogP contribution is 2.34. The van der Waals surface area contributed by atoms with Crippen molar-refractivity contribution in [3.8, 4) is 0 Å². The Labute approximate surface area is 175 Å². The Kier molecular flexibility index (Phi) is 4.93. The molecule has 0 spiro atoms. The number of thiazole rings is 1. The van der Waals surface area contributed by atoms with Gasteiger partial charge in [0.05, 0.1) is 10.4 Å². The molecule has 1 aliphatic rings. The number of benzene rings is 1. The number of likely N-dealkylation sites (tertiary alicyclic amines) is 1. The minimum absolute atomic E-state index is 0.00862. The van der Waals surface area contributed by atoms with Crippen molar-refractivity contribution in [1.82, 2.24) is 18.7 Å². The predicted octanol–water partition coefficient (Wildman–Crippen LogP) is 4.24. The molecular formula is C21H21FN4OS2. The zero-order valence-corrected chi connectivity index (χ0v) is 17.7. The lowest BCUT2D eigenvalue weighted by Gasteiger charge is -2.31. The molecule has 3 aromatic heterocycles. The molecule has 0 radical (unpaired) electrons.